The van der Waals surface area contributed by atoms with Crippen LogP contribution in [0.3, 0.4) is 0 Å². The third-order valence-electron chi connectivity index (χ3n) is 4.96. The second kappa shape index (κ2) is 9.51. The smallest absolute Gasteiger partial charge is 0.352 e. The van der Waals surface area contributed by atoms with Crippen LogP contribution in [-0.4, -0.2) is 18.6 Å². The zero-order valence-corrected chi connectivity index (χ0v) is 18.2. The number of hydrogen-bond donors (Lipinski definition) is 2. The Hall–Kier alpha value is -2.22. The van der Waals surface area contributed by atoms with Gasteiger partial charge in [-0.25, -0.2) is 0 Å². The van der Waals surface area contributed by atoms with E-state index in [9.17, 15) is 18.0 Å². The van der Waals surface area contributed by atoms with Gasteiger partial charge >= 0.3 is 6.18 Å². The van der Waals surface area contributed by atoms with Crippen LogP contribution in [0, 0.1) is 0 Å². The van der Waals surface area contributed by atoms with Crippen LogP contribution >= 0.6 is 23.2 Å². The van der Waals surface area contributed by atoms with Gasteiger partial charge in [0.15, 0.2) is 0 Å². The zero-order chi connectivity index (χ0) is 22.6. The molecule has 1 heterocycles. The van der Waals surface area contributed by atoms with E-state index in [1.807, 2.05) is 0 Å². The Bertz CT molecular complexity index is 978. The first-order valence-corrected chi connectivity index (χ1v) is 10.5. The van der Waals surface area contributed by atoms with Gasteiger partial charge in [-0.05, 0) is 42.3 Å². The first kappa shape index (κ1) is 23.4. The van der Waals surface area contributed by atoms with Crippen molar-refractivity contribution in [3.05, 3.63) is 75.3 Å². The molecule has 2 aromatic rings. The first-order valence-electron chi connectivity index (χ1n) is 9.75. The largest absolute Gasteiger partial charge is 0.428 e. The standard InChI is InChI=1S/C22H21Cl2F3N2O2/c1-2-3-4-11-28-20(30)15-7-5-14(6-8-15)19-13-21(31-29-19,22(25,26)27)16-9-10-17(23)18(24)12-16/h5-10,12-13,29H,2-4,11H2,1H3,(H,28,30). The minimum Gasteiger partial charge on any atom is -0.352 e. The normalized spacial score (nSPS) is 18.5. The number of carbonyl (C=O) groups is 1. The summed E-state index contributed by atoms with van der Waals surface area (Å²) < 4.78 is 42.1. The van der Waals surface area contributed by atoms with E-state index in [4.69, 9.17) is 28.0 Å². The van der Waals surface area contributed by atoms with Gasteiger partial charge in [-0.1, -0.05) is 61.2 Å². The van der Waals surface area contributed by atoms with Gasteiger partial charge < -0.3 is 5.32 Å². The first-order chi connectivity index (χ1) is 14.7. The van der Waals surface area contributed by atoms with Gasteiger partial charge in [0.05, 0.1) is 15.7 Å². The molecule has 0 aromatic heterocycles. The van der Waals surface area contributed by atoms with Crippen LogP contribution in [0.1, 0.15) is 47.7 Å². The zero-order valence-electron chi connectivity index (χ0n) is 16.7. The molecule has 0 radical (unpaired) electrons. The lowest BCUT2D eigenvalue weighted by Gasteiger charge is -2.28. The van der Waals surface area contributed by atoms with E-state index >= 15 is 0 Å². The highest BCUT2D eigenvalue weighted by atomic mass is 35.5. The summed E-state index contributed by atoms with van der Waals surface area (Å²) in [5, 5.41) is 2.95. The average molecular weight is 473 g/mol. The topological polar surface area (TPSA) is 50.4 Å². The van der Waals surface area contributed by atoms with Crippen LogP contribution in [0.15, 0.2) is 48.5 Å². The van der Waals surface area contributed by atoms with E-state index in [-0.39, 0.29) is 27.2 Å². The SMILES string of the molecule is CCCCCNC(=O)c1ccc(C2=CC(c3ccc(Cl)c(Cl)c3)(C(F)(F)F)ON2)cc1. The molecule has 2 N–H and O–H groups in total. The monoisotopic (exact) mass is 472 g/mol. The Labute approximate surface area is 188 Å². The van der Waals surface area contributed by atoms with Crippen molar-refractivity contribution >= 4 is 34.8 Å². The number of hydroxylamine groups is 1. The molecule has 31 heavy (non-hydrogen) atoms. The van der Waals surface area contributed by atoms with Crippen molar-refractivity contribution in [1.82, 2.24) is 10.8 Å². The van der Waals surface area contributed by atoms with Crippen molar-refractivity contribution in [3.8, 4) is 0 Å². The molecule has 3 rings (SSSR count). The molecule has 9 heteroatoms. The summed E-state index contributed by atoms with van der Waals surface area (Å²) in [5.74, 6) is -0.229. The predicted octanol–water partition coefficient (Wildman–Crippen LogP) is 6.25. The molecule has 1 atom stereocenters. The fourth-order valence-corrected chi connectivity index (χ4v) is 3.49. The molecular weight excluding hydrogens is 452 g/mol. The van der Waals surface area contributed by atoms with Gasteiger partial charge in [0.2, 0.25) is 5.60 Å². The molecule has 0 bridgehead atoms. The lowest BCUT2D eigenvalue weighted by molar-refractivity contribution is -0.269. The number of carbonyl (C=O) groups excluding carboxylic acids is 1. The summed E-state index contributed by atoms with van der Waals surface area (Å²) in [6, 6.07) is 9.86. The Balaban J connectivity index is 1.84. The number of benzene rings is 2. The molecule has 1 unspecified atom stereocenters. The van der Waals surface area contributed by atoms with Crippen LogP contribution in [0.4, 0.5) is 13.2 Å². The molecule has 0 saturated heterocycles. The summed E-state index contributed by atoms with van der Waals surface area (Å²) in [6.45, 7) is 2.65. The summed E-state index contributed by atoms with van der Waals surface area (Å²) in [7, 11) is 0. The van der Waals surface area contributed by atoms with Crippen LogP contribution < -0.4 is 10.8 Å². The number of amides is 1. The summed E-state index contributed by atoms with van der Waals surface area (Å²) in [4.78, 5) is 17.2. The number of halogens is 5. The summed E-state index contributed by atoms with van der Waals surface area (Å²) in [5.41, 5.74) is 0.410. The fourth-order valence-electron chi connectivity index (χ4n) is 3.19. The Morgan fingerprint density at radius 3 is 2.42 bits per heavy atom. The minimum atomic E-state index is -4.77. The molecule has 1 amide bonds. The molecule has 0 aliphatic carbocycles. The molecule has 4 nitrogen and oxygen atoms in total. The lowest BCUT2D eigenvalue weighted by Crippen LogP contribution is -2.42. The number of unbranched alkanes of at least 4 members (excludes halogenated alkanes) is 2. The van der Waals surface area contributed by atoms with E-state index in [0.29, 0.717) is 17.7 Å². The number of alkyl halides is 3. The van der Waals surface area contributed by atoms with Gasteiger partial charge in [0.25, 0.3) is 5.91 Å². The minimum absolute atomic E-state index is 0.0115. The maximum atomic E-state index is 14.0. The summed E-state index contributed by atoms with van der Waals surface area (Å²) >= 11 is 11.8. The number of hydrogen-bond acceptors (Lipinski definition) is 3. The molecule has 2 aromatic carbocycles. The van der Waals surface area contributed by atoms with Gasteiger partial charge in [-0.15, -0.1) is 0 Å². The maximum absolute atomic E-state index is 14.0. The van der Waals surface area contributed by atoms with Crippen LogP contribution in [-0.2, 0) is 10.4 Å². The molecule has 1 aliphatic heterocycles. The molecule has 0 fully saturated rings. The van der Waals surface area contributed by atoms with Crippen molar-refractivity contribution in [2.24, 2.45) is 0 Å². The van der Waals surface area contributed by atoms with Crippen molar-refractivity contribution in [2.45, 2.75) is 38.0 Å². The Morgan fingerprint density at radius 2 is 1.81 bits per heavy atom. The molecule has 0 saturated carbocycles. The fraction of sp³-hybridized carbons (Fsp3) is 0.318. The van der Waals surface area contributed by atoms with Crippen LogP contribution in [0.2, 0.25) is 10.0 Å². The molecule has 1 aliphatic rings. The van der Waals surface area contributed by atoms with Crippen LogP contribution in [0.25, 0.3) is 5.70 Å². The van der Waals surface area contributed by atoms with Crippen molar-refractivity contribution in [3.63, 3.8) is 0 Å². The van der Waals surface area contributed by atoms with E-state index in [1.165, 1.54) is 12.1 Å². The highest BCUT2D eigenvalue weighted by molar-refractivity contribution is 6.42. The van der Waals surface area contributed by atoms with Gasteiger partial charge in [0.1, 0.15) is 0 Å². The van der Waals surface area contributed by atoms with Gasteiger partial charge in [-0.3, -0.25) is 15.1 Å². The van der Waals surface area contributed by atoms with E-state index in [1.54, 1.807) is 24.3 Å². The molecular formula is C22H21Cl2F3N2O2. The Morgan fingerprint density at radius 1 is 1.10 bits per heavy atom. The lowest BCUT2D eigenvalue weighted by atomic mass is 9.91. The highest BCUT2D eigenvalue weighted by Gasteiger charge is 2.59. The van der Waals surface area contributed by atoms with E-state index < -0.39 is 11.8 Å². The number of nitrogens with one attached hydrogen (secondary N) is 2. The maximum Gasteiger partial charge on any atom is 0.428 e. The van der Waals surface area contributed by atoms with E-state index in [0.717, 1.165) is 31.4 Å². The number of rotatable bonds is 7. The Kier molecular flexibility index (Phi) is 7.19. The summed E-state index contributed by atoms with van der Waals surface area (Å²) in [6.07, 6.45) is -0.846. The van der Waals surface area contributed by atoms with E-state index in [2.05, 4.69) is 17.7 Å². The predicted molar refractivity (Wildman–Crippen MR) is 115 cm³/mol. The van der Waals surface area contributed by atoms with Crippen molar-refractivity contribution in [1.29, 1.82) is 0 Å². The highest BCUT2D eigenvalue weighted by Crippen LogP contribution is 2.48. The van der Waals surface area contributed by atoms with Crippen molar-refractivity contribution in [2.75, 3.05) is 6.54 Å². The molecule has 0 spiro atoms. The second-order valence-corrected chi connectivity index (χ2v) is 7.98. The van der Waals surface area contributed by atoms with Gasteiger partial charge in [-0.2, -0.15) is 13.2 Å². The third-order valence-corrected chi connectivity index (χ3v) is 5.70. The second-order valence-electron chi connectivity index (χ2n) is 7.16. The molecule has 166 valence electrons. The average Bonchev–Trinajstić information content (AvgIpc) is 3.20. The van der Waals surface area contributed by atoms with Gasteiger partial charge in [0, 0.05) is 17.7 Å². The quantitative estimate of drug-likeness (QED) is 0.468. The van der Waals surface area contributed by atoms with Crippen LogP contribution in [0.5, 0.6) is 0 Å². The third kappa shape index (κ3) is 5.00. The van der Waals surface area contributed by atoms with Crippen molar-refractivity contribution < 1.29 is 22.8 Å².